The molecule has 3 rings (SSSR count). The minimum atomic E-state index is -0.224. The zero-order valence-electron chi connectivity index (χ0n) is 17.4. The molecule has 2 aromatic heterocycles. The number of aromatic nitrogens is 4. The minimum absolute atomic E-state index is 0.224. The molecule has 9 heteroatoms. The zero-order valence-corrected chi connectivity index (χ0v) is 17.4. The Morgan fingerprint density at radius 1 is 1.45 bits per heavy atom. The lowest BCUT2D eigenvalue weighted by Crippen LogP contribution is -2.26. The van der Waals surface area contributed by atoms with Crippen molar-refractivity contribution >= 4 is 11.4 Å². The van der Waals surface area contributed by atoms with Crippen LogP contribution in [0.1, 0.15) is 31.4 Å². The largest absolute Gasteiger partial charge is 0.476 e. The maximum Gasteiger partial charge on any atom is 0.290 e. The predicted octanol–water partition coefficient (Wildman–Crippen LogP) is 1.43. The number of allylic oxidation sites excluding steroid dienone is 1. The number of hydrogen-bond acceptors (Lipinski definition) is 7. The van der Waals surface area contributed by atoms with Gasteiger partial charge in [-0.1, -0.05) is 6.92 Å². The molecule has 2 aromatic rings. The average Bonchev–Trinajstić information content (AvgIpc) is 3.36. The van der Waals surface area contributed by atoms with E-state index in [1.54, 1.807) is 20.2 Å². The van der Waals surface area contributed by atoms with Gasteiger partial charge in [0.25, 0.3) is 5.56 Å². The Hall–Kier alpha value is -3.10. The summed E-state index contributed by atoms with van der Waals surface area (Å²) in [5, 5.41) is 11.8. The van der Waals surface area contributed by atoms with Crippen LogP contribution in [0.25, 0.3) is 0 Å². The van der Waals surface area contributed by atoms with Crippen LogP contribution in [-0.2, 0) is 14.1 Å². The fourth-order valence-corrected chi connectivity index (χ4v) is 3.09. The molecular formula is C20H29N7O2. The van der Waals surface area contributed by atoms with Gasteiger partial charge in [0.05, 0.1) is 24.6 Å². The maximum absolute atomic E-state index is 12.4. The second kappa shape index (κ2) is 8.93. The first kappa shape index (κ1) is 20.6. The van der Waals surface area contributed by atoms with Crippen molar-refractivity contribution in [2.75, 3.05) is 25.5 Å². The van der Waals surface area contributed by atoms with Gasteiger partial charge in [0, 0.05) is 50.9 Å². The Labute approximate surface area is 170 Å². The Morgan fingerprint density at radius 3 is 2.90 bits per heavy atom. The van der Waals surface area contributed by atoms with E-state index >= 15 is 0 Å². The molecule has 1 aliphatic rings. The molecule has 156 valence electrons. The first-order chi connectivity index (χ1) is 13.9. The van der Waals surface area contributed by atoms with E-state index in [-0.39, 0.29) is 5.56 Å². The molecule has 1 saturated carbocycles. The van der Waals surface area contributed by atoms with Crippen LogP contribution in [0.2, 0.25) is 0 Å². The van der Waals surface area contributed by atoms with Crippen LogP contribution < -0.4 is 21.3 Å². The van der Waals surface area contributed by atoms with Gasteiger partial charge in [-0.05, 0) is 25.0 Å². The number of rotatable bonds is 9. The molecule has 2 atom stereocenters. The first-order valence-electron chi connectivity index (χ1n) is 9.77. The third kappa shape index (κ3) is 5.24. The molecule has 9 nitrogen and oxygen atoms in total. The van der Waals surface area contributed by atoms with Crippen molar-refractivity contribution in [3.8, 4) is 5.88 Å². The predicted molar refractivity (Wildman–Crippen MR) is 113 cm³/mol. The van der Waals surface area contributed by atoms with Gasteiger partial charge in [0.15, 0.2) is 0 Å². The van der Waals surface area contributed by atoms with Crippen LogP contribution >= 0.6 is 0 Å². The lowest BCUT2D eigenvalue weighted by atomic mass is 10.2. The number of ether oxygens (including phenoxy) is 1. The zero-order chi connectivity index (χ0) is 21.0. The molecular weight excluding hydrogens is 370 g/mol. The monoisotopic (exact) mass is 399 g/mol. The van der Waals surface area contributed by atoms with Gasteiger partial charge in [0.2, 0.25) is 5.88 Å². The van der Waals surface area contributed by atoms with E-state index in [0.29, 0.717) is 36.6 Å². The molecule has 3 N–H and O–H groups in total. The van der Waals surface area contributed by atoms with Crippen molar-refractivity contribution in [3.63, 3.8) is 0 Å². The fraction of sp³-hybridized carbons (Fsp3) is 0.500. The number of aliphatic imine (C=N–C) groups is 1. The molecule has 0 bridgehead atoms. The second-order valence-corrected chi connectivity index (χ2v) is 7.29. The summed E-state index contributed by atoms with van der Waals surface area (Å²) in [6.07, 6.45) is 5.57. The smallest absolute Gasteiger partial charge is 0.290 e. The van der Waals surface area contributed by atoms with Gasteiger partial charge < -0.3 is 15.8 Å². The van der Waals surface area contributed by atoms with Crippen molar-refractivity contribution in [3.05, 3.63) is 46.2 Å². The summed E-state index contributed by atoms with van der Waals surface area (Å²) >= 11 is 0. The summed E-state index contributed by atoms with van der Waals surface area (Å²) in [4.78, 5) is 16.6. The second-order valence-electron chi connectivity index (χ2n) is 7.29. The van der Waals surface area contributed by atoms with E-state index in [1.807, 2.05) is 37.0 Å². The van der Waals surface area contributed by atoms with Crippen LogP contribution in [0.3, 0.4) is 0 Å². The molecule has 1 fully saturated rings. The van der Waals surface area contributed by atoms with E-state index in [1.165, 1.54) is 4.68 Å². The summed E-state index contributed by atoms with van der Waals surface area (Å²) in [6.45, 7) is 2.91. The minimum Gasteiger partial charge on any atom is -0.476 e. The number of hydrogen-bond donors (Lipinski definition) is 2. The van der Waals surface area contributed by atoms with E-state index in [2.05, 4.69) is 20.5 Å². The average molecular weight is 399 g/mol. The summed E-state index contributed by atoms with van der Waals surface area (Å²) in [7, 11) is 5.22. The molecule has 1 aliphatic carbocycles. The van der Waals surface area contributed by atoms with E-state index in [0.717, 1.165) is 29.9 Å². The first-order valence-corrected chi connectivity index (χ1v) is 9.77. The number of nitrogens with one attached hydrogen (secondary N) is 1. The van der Waals surface area contributed by atoms with Gasteiger partial charge in [-0.2, -0.15) is 5.10 Å². The molecule has 0 aromatic carbocycles. The fourth-order valence-electron chi connectivity index (χ4n) is 3.09. The molecule has 0 aliphatic heterocycles. The quantitative estimate of drug-likeness (QED) is 0.617. The lowest BCUT2D eigenvalue weighted by molar-refractivity contribution is 0.278. The Balaban J connectivity index is 1.61. The molecule has 0 spiro atoms. The summed E-state index contributed by atoms with van der Waals surface area (Å²) < 4.78 is 8.96. The van der Waals surface area contributed by atoms with Crippen molar-refractivity contribution in [1.29, 1.82) is 0 Å². The number of aryl methyl sites for hydroxylation is 2. The van der Waals surface area contributed by atoms with Gasteiger partial charge in [-0.15, -0.1) is 5.10 Å². The van der Waals surface area contributed by atoms with Crippen molar-refractivity contribution < 1.29 is 4.74 Å². The van der Waals surface area contributed by atoms with Crippen LogP contribution in [-0.4, -0.2) is 45.5 Å². The molecule has 2 heterocycles. The molecule has 0 radical (unpaired) electrons. The van der Waals surface area contributed by atoms with Gasteiger partial charge in [-0.3, -0.25) is 14.5 Å². The highest BCUT2D eigenvalue weighted by Gasteiger charge is 2.40. The van der Waals surface area contributed by atoms with Gasteiger partial charge >= 0.3 is 0 Å². The third-order valence-corrected chi connectivity index (χ3v) is 5.03. The Bertz CT molecular complexity index is 973. The van der Waals surface area contributed by atoms with Crippen LogP contribution in [0.5, 0.6) is 5.88 Å². The molecule has 29 heavy (non-hydrogen) atoms. The molecule has 0 unspecified atom stereocenters. The van der Waals surface area contributed by atoms with Crippen LogP contribution in [0, 0.1) is 5.92 Å². The highest BCUT2D eigenvalue weighted by molar-refractivity contribution is 5.98. The van der Waals surface area contributed by atoms with E-state index in [9.17, 15) is 4.79 Å². The molecule has 0 amide bonds. The Kier molecular flexibility index (Phi) is 6.36. The maximum atomic E-state index is 12.4. The van der Waals surface area contributed by atoms with Crippen molar-refractivity contribution in [2.24, 2.45) is 30.7 Å². The lowest BCUT2D eigenvalue weighted by Gasteiger charge is -2.11. The third-order valence-electron chi connectivity index (χ3n) is 5.03. The van der Waals surface area contributed by atoms with Crippen LogP contribution in [0.15, 0.2) is 39.9 Å². The highest BCUT2D eigenvalue weighted by Crippen LogP contribution is 2.46. The number of nitrogens with zero attached hydrogens (tertiary/aromatic N) is 5. The standard InChI is InChI=1S/C20H29N7O2/c1-5-14(21)9-15(22-2)11-23-18-10-19(25-27(4)20(18)28)29-12-13-8-16(13)17-6-7-26(3)24-17/h6-7,9-10,13,16,23H,5,8,11-12,21H2,1-4H3/t13-,16+/m1/s1. The van der Waals surface area contributed by atoms with Crippen molar-refractivity contribution in [1.82, 2.24) is 19.6 Å². The number of anilines is 1. The van der Waals surface area contributed by atoms with Crippen molar-refractivity contribution in [2.45, 2.75) is 25.7 Å². The van der Waals surface area contributed by atoms with E-state index in [4.69, 9.17) is 10.5 Å². The summed E-state index contributed by atoms with van der Waals surface area (Å²) in [5.41, 5.74) is 8.67. The van der Waals surface area contributed by atoms with Gasteiger partial charge in [-0.25, -0.2) is 4.68 Å². The summed E-state index contributed by atoms with van der Waals surface area (Å²) in [5.74, 6) is 1.27. The number of nitrogens with two attached hydrogens (primary N) is 1. The SMILES string of the molecule is CCC(N)=CC(CNc1cc(OC[C@H]2C[C@@H]2c2ccn(C)n2)nn(C)c1=O)=NC. The van der Waals surface area contributed by atoms with E-state index < -0.39 is 0 Å². The van der Waals surface area contributed by atoms with Gasteiger partial charge in [0.1, 0.15) is 5.69 Å². The van der Waals surface area contributed by atoms with Crippen LogP contribution in [0.4, 0.5) is 5.69 Å². The Morgan fingerprint density at radius 2 is 2.24 bits per heavy atom. The molecule has 0 saturated heterocycles. The topological polar surface area (TPSA) is 112 Å². The highest BCUT2D eigenvalue weighted by atomic mass is 16.5. The summed E-state index contributed by atoms with van der Waals surface area (Å²) in [6, 6.07) is 3.68. The normalized spacial score (nSPS) is 19.3.